The largest absolute Gasteiger partial charge is 0.456 e. The van der Waals surface area contributed by atoms with Gasteiger partial charge in [0.15, 0.2) is 11.1 Å². The predicted molar refractivity (Wildman–Crippen MR) is 112 cm³/mol. The normalized spacial score (nSPS) is 19.8. The van der Waals surface area contributed by atoms with Gasteiger partial charge in [-0.15, -0.1) is 0 Å². The molecular formula is C22H19N5O5. The third-order valence-electron chi connectivity index (χ3n) is 5.79. The van der Waals surface area contributed by atoms with Crippen molar-refractivity contribution in [1.29, 1.82) is 0 Å². The van der Waals surface area contributed by atoms with Crippen LogP contribution in [0.3, 0.4) is 0 Å². The van der Waals surface area contributed by atoms with E-state index in [2.05, 4.69) is 20.9 Å². The van der Waals surface area contributed by atoms with Crippen LogP contribution in [0.15, 0.2) is 40.9 Å². The first-order valence-electron chi connectivity index (χ1n) is 9.95. The third-order valence-corrected chi connectivity index (χ3v) is 5.79. The summed E-state index contributed by atoms with van der Waals surface area (Å²) in [4.78, 5) is 55.7. The van der Waals surface area contributed by atoms with Crippen LogP contribution in [0.1, 0.15) is 37.6 Å². The van der Waals surface area contributed by atoms with Crippen molar-refractivity contribution in [1.82, 2.24) is 25.8 Å². The fourth-order valence-electron chi connectivity index (χ4n) is 4.14. The molecule has 0 spiro atoms. The van der Waals surface area contributed by atoms with Crippen molar-refractivity contribution in [3.05, 3.63) is 64.5 Å². The Bertz CT molecular complexity index is 1330. The molecule has 3 N–H and O–H groups in total. The van der Waals surface area contributed by atoms with Crippen molar-refractivity contribution in [3.63, 3.8) is 0 Å². The highest BCUT2D eigenvalue weighted by Gasteiger charge is 2.53. The molecule has 1 saturated heterocycles. The Morgan fingerprint density at radius 3 is 2.78 bits per heavy atom. The predicted octanol–water partition coefficient (Wildman–Crippen LogP) is 1.19. The molecule has 10 nitrogen and oxygen atoms in total. The van der Waals surface area contributed by atoms with Crippen LogP contribution in [0.25, 0.3) is 11.1 Å². The van der Waals surface area contributed by atoms with Crippen LogP contribution >= 0.6 is 0 Å². The van der Waals surface area contributed by atoms with E-state index in [9.17, 15) is 19.2 Å². The number of pyridine rings is 1. The van der Waals surface area contributed by atoms with Crippen molar-refractivity contribution in [2.24, 2.45) is 0 Å². The molecule has 0 unspecified atom stereocenters. The second-order valence-electron chi connectivity index (χ2n) is 7.93. The molecule has 4 heterocycles. The fourth-order valence-corrected chi connectivity index (χ4v) is 4.14. The van der Waals surface area contributed by atoms with Gasteiger partial charge < -0.3 is 20.0 Å². The van der Waals surface area contributed by atoms with Gasteiger partial charge in [-0.2, -0.15) is 0 Å². The fraction of sp³-hybridized carbons (Fsp3) is 0.227. The molecule has 2 aliphatic rings. The van der Waals surface area contributed by atoms with Gasteiger partial charge in [-0.1, -0.05) is 17.7 Å². The summed E-state index contributed by atoms with van der Waals surface area (Å²) in [6.45, 7) is 2.08. The number of carbonyl (C=O) groups excluding carboxylic acids is 4. The Morgan fingerprint density at radius 2 is 2.06 bits per heavy atom. The standard InChI is InChI=1S/C22H19N5O5/c1-11-3-4-12-9-27(19(29)14(12)5-11)10-22(20(30)25-21(31)26-22)17-7-15-16(32-17)6-13(8-24-15)18(28)23-2/h3-8H,9-10H2,1-2H3,(H,23,28)(H2,25,26,30,31)/t22-/m0/s1. The molecule has 2 aliphatic heterocycles. The monoisotopic (exact) mass is 433 g/mol. The average Bonchev–Trinajstić information content (AvgIpc) is 3.42. The maximum Gasteiger partial charge on any atom is 0.322 e. The van der Waals surface area contributed by atoms with E-state index in [0.717, 1.165) is 11.1 Å². The van der Waals surface area contributed by atoms with Crippen LogP contribution in [-0.4, -0.2) is 47.2 Å². The van der Waals surface area contributed by atoms with Crippen LogP contribution in [-0.2, 0) is 16.9 Å². The van der Waals surface area contributed by atoms with Crippen LogP contribution < -0.4 is 16.0 Å². The molecule has 0 bridgehead atoms. The van der Waals surface area contributed by atoms with Gasteiger partial charge >= 0.3 is 6.03 Å². The van der Waals surface area contributed by atoms with E-state index < -0.39 is 17.5 Å². The topological polar surface area (TPSA) is 134 Å². The molecule has 5 rings (SSSR count). The van der Waals surface area contributed by atoms with E-state index in [-0.39, 0.29) is 35.3 Å². The number of fused-ring (bicyclic) bond motifs is 2. The number of benzene rings is 1. The summed E-state index contributed by atoms with van der Waals surface area (Å²) in [5.74, 6) is -1.08. The number of furan rings is 1. The summed E-state index contributed by atoms with van der Waals surface area (Å²) in [6.07, 6.45) is 1.39. The maximum absolute atomic E-state index is 13.0. The number of rotatable bonds is 4. The lowest BCUT2D eigenvalue weighted by Crippen LogP contribution is -2.52. The van der Waals surface area contributed by atoms with Crippen molar-refractivity contribution in [2.45, 2.75) is 19.0 Å². The summed E-state index contributed by atoms with van der Waals surface area (Å²) >= 11 is 0. The number of nitrogens with zero attached hydrogens (tertiary/aromatic N) is 2. The molecule has 10 heteroatoms. The van der Waals surface area contributed by atoms with E-state index in [4.69, 9.17) is 4.42 Å². The molecule has 3 aromatic rings. The van der Waals surface area contributed by atoms with Crippen LogP contribution in [0.4, 0.5) is 4.79 Å². The highest BCUT2D eigenvalue weighted by Crippen LogP contribution is 2.34. The van der Waals surface area contributed by atoms with Gasteiger partial charge in [0.25, 0.3) is 17.7 Å². The first-order valence-corrected chi connectivity index (χ1v) is 9.95. The molecule has 0 radical (unpaired) electrons. The van der Waals surface area contributed by atoms with Gasteiger partial charge in [0.1, 0.15) is 11.3 Å². The number of urea groups is 1. The number of nitrogens with one attached hydrogen (secondary N) is 3. The van der Waals surface area contributed by atoms with Gasteiger partial charge in [0.2, 0.25) is 0 Å². The number of aromatic nitrogens is 1. The van der Waals surface area contributed by atoms with Crippen LogP contribution in [0.5, 0.6) is 0 Å². The van der Waals surface area contributed by atoms with Crippen LogP contribution in [0, 0.1) is 6.92 Å². The highest BCUT2D eigenvalue weighted by atomic mass is 16.3. The Labute approximate surface area is 182 Å². The second kappa shape index (κ2) is 6.91. The highest BCUT2D eigenvalue weighted by molar-refractivity contribution is 6.08. The SMILES string of the molecule is CNC(=O)c1cnc2cc([C@]3(CN4Cc5ccc(C)cc5C4=O)NC(=O)NC3=O)oc2c1. The number of hydrogen-bond acceptors (Lipinski definition) is 6. The molecule has 32 heavy (non-hydrogen) atoms. The summed E-state index contributed by atoms with van der Waals surface area (Å²) in [5.41, 5.74) is 1.73. The molecule has 162 valence electrons. The van der Waals surface area contributed by atoms with E-state index in [1.165, 1.54) is 30.3 Å². The minimum atomic E-state index is -1.63. The Morgan fingerprint density at radius 1 is 1.25 bits per heavy atom. The second-order valence-corrected chi connectivity index (χ2v) is 7.93. The lowest BCUT2D eigenvalue weighted by Gasteiger charge is -2.28. The van der Waals surface area contributed by atoms with Crippen molar-refractivity contribution in [2.75, 3.05) is 13.6 Å². The number of amides is 5. The average molecular weight is 433 g/mol. The molecule has 1 aromatic carbocycles. The zero-order valence-corrected chi connectivity index (χ0v) is 17.3. The zero-order chi connectivity index (χ0) is 22.6. The molecule has 1 fully saturated rings. The number of hydrogen-bond donors (Lipinski definition) is 3. The minimum Gasteiger partial charge on any atom is -0.456 e. The summed E-state index contributed by atoms with van der Waals surface area (Å²) in [5, 5.41) is 7.38. The smallest absolute Gasteiger partial charge is 0.322 e. The van der Waals surface area contributed by atoms with Crippen molar-refractivity contribution >= 4 is 34.9 Å². The zero-order valence-electron chi connectivity index (χ0n) is 17.3. The first kappa shape index (κ1) is 19.7. The van der Waals surface area contributed by atoms with Crippen LogP contribution in [0.2, 0.25) is 0 Å². The number of carbonyl (C=O) groups is 4. The van der Waals surface area contributed by atoms with E-state index in [1.54, 1.807) is 0 Å². The maximum atomic E-state index is 13.0. The third kappa shape index (κ3) is 2.91. The lowest BCUT2D eigenvalue weighted by molar-refractivity contribution is -0.125. The molecule has 0 aliphatic carbocycles. The molecule has 0 saturated carbocycles. The van der Waals surface area contributed by atoms with E-state index >= 15 is 0 Å². The number of aryl methyl sites for hydroxylation is 1. The number of imide groups is 1. The van der Waals surface area contributed by atoms with Crippen molar-refractivity contribution < 1.29 is 23.6 Å². The quantitative estimate of drug-likeness (QED) is 0.529. The van der Waals surface area contributed by atoms with Gasteiger partial charge in [-0.05, 0) is 24.6 Å². The Balaban J connectivity index is 1.55. The van der Waals surface area contributed by atoms with Gasteiger partial charge in [-0.25, -0.2) is 4.79 Å². The Hall–Kier alpha value is -4.21. The summed E-state index contributed by atoms with van der Waals surface area (Å²) < 4.78 is 5.90. The minimum absolute atomic E-state index is 0.123. The van der Waals surface area contributed by atoms with Gasteiger partial charge in [-0.3, -0.25) is 24.7 Å². The summed E-state index contributed by atoms with van der Waals surface area (Å²) in [6, 6.07) is 7.97. The first-order chi connectivity index (χ1) is 15.3. The van der Waals surface area contributed by atoms with Crippen molar-refractivity contribution in [3.8, 4) is 0 Å². The van der Waals surface area contributed by atoms with Gasteiger partial charge in [0.05, 0.1) is 12.1 Å². The molecular weight excluding hydrogens is 414 g/mol. The summed E-state index contributed by atoms with van der Waals surface area (Å²) in [7, 11) is 1.50. The molecule has 2 aromatic heterocycles. The lowest BCUT2D eigenvalue weighted by atomic mass is 9.95. The van der Waals surface area contributed by atoms with E-state index in [1.807, 2.05) is 25.1 Å². The van der Waals surface area contributed by atoms with Gasteiger partial charge in [0, 0.05) is 31.4 Å². The molecule has 5 amide bonds. The molecule has 1 atom stereocenters. The van der Waals surface area contributed by atoms with E-state index in [0.29, 0.717) is 17.6 Å². The Kier molecular flexibility index (Phi) is 4.26.